The maximum atomic E-state index is 4.84. The van der Waals surface area contributed by atoms with Crippen molar-refractivity contribution >= 4 is 48.1 Å². The Morgan fingerprint density at radius 1 is 0.800 bits per heavy atom. The first-order valence-corrected chi connectivity index (χ1v) is 11.7. The average molecular weight is 472 g/mol. The van der Waals surface area contributed by atoms with E-state index in [2.05, 4.69) is 109 Å². The molecule has 0 radical (unpaired) electrons. The second-order valence-corrected chi connectivity index (χ2v) is 10.5. The molecular formula is C27H22BrNS. The second-order valence-electron chi connectivity index (χ2n) is 8.64. The van der Waals surface area contributed by atoms with Gasteiger partial charge in [-0.1, -0.05) is 75.4 Å². The lowest BCUT2D eigenvalue weighted by molar-refractivity contribution is 0.596. The van der Waals surface area contributed by atoms with Crippen molar-refractivity contribution in [3.8, 4) is 21.7 Å². The van der Waals surface area contributed by atoms with E-state index in [1.54, 1.807) is 0 Å². The molecule has 0 aliphatic heterocycles. The molecule has 0 saturated carbocycles. The Balaban J connectivity index is 1.79. The molecule has 0 atom stereocenters. The minimum absolute atomic E-state index is 0.0503. The molecule has 2 aromatic heterocycles. The van der Waals surface area contributed by atoms with E-state index < -0.39 is 0 Å². The number of pyridine rings is 1. The number of halogens is 1. The van der Waals surface area contributed by atoms with Gasteiger partial charge in [-0.3, -0.25) is 4.98 Å². The monoisotopic (exact) mass is 471 g/mol. The van der Waals surface area contributed by atoms with Gasteiger partial charge in [0, 0.05) is 26.5 Å². The van der Waals surface area contributed by atoms with Crippen molar-refractivity contribution in [1.82, 2.24) is 4.98 Å². The summed E-state index contributed by atoms with van der Waals surface area (Å²) in [6, 6.07) is 25.9. The second kappa shape index (κ2) is 7.33. The summed E-state index contributed by atoms with van der Waals surface area (Å²) < 4.78 is 2.37. The molecule has 3 aromatic carbocycles. The first-order valence-electron chi connectivity index (χ1n) is 10.1. The number of benzene rings is 3. The quantitative estimate of drug-likeness (QED) is 0.250. The zero-order valence-corrected chi connectivity index (χ0v) is 19.6. The summed E-state index contributed by atoms with van der Waals surface area (Å²) in [6.07, 6.45) is 1.93. The summed E-state index contributed by atoms with van der Waals surface area (Å²) in [5, 5.41) is 3.80. The van der Waals surface area contributed by atoms with E-state index >= 15 is 0 Å². The average Bonchev–Trinajstić information content (AvgIpc) is 3.09. The molecular weight excluding hydrogens is 450 g/mol. The summed E-state index contributed by atoms with van der Waals surface area (Å²) in [4.78, 5) is 6.09. The Morgan fingerprint density at radius 3 is 2.30 bits per heavy atom. The molecule has 0 spiro atoms. The van der Waals surface area contributed by atoms with Crippen LogP contribution in [0.25, 0.3) is 42.6 Å². The lowest BCUT2D eigenvalue weighted by Gasteiger charge is -2.22. The molecule has 0 amide bonds. The minimum Gasteiger partial charge on any atom is -0.255 e. The Morgan fingerprint density at radius 2 is 1.53 bits per heavy atom. The van der Waals surface area contributed by atoms with Gasteiger partial charge < -0.3 is 0 Å². The maximum absolute atomic E-state index is 4.84. The molecule has 3 heteroatoms. The van der Waals surface area contributed by atoms with Crippen LogP contribution < -0.4 is 0 Å². The fraction of sp³-hybridized carbons (Fsp3) is 0.148. The number of hydrogen-bond donors (Lipinski definition) is 0. The number of fused-ring (bicyclic) bond motifs is 2. The molecule has 0 saturated heterocycles. The van der Waals surface area contributed by atoms with E-state index in [0.717, 1.165) is 10.2 Å². The molecule has 1 nitrogen and oxygen atoms in total. The van der Waals surface area contributed by atoms with Gasteiger partial charge in [-0.05, 0) is 61.4 Å². The highest BCUT2D eigenvalue weighted by atomic mass is 79.9. The van der Waals surface area contributed by atoms with Gasteiger partial charge in [0.15, 0.2) is 0 Å². The van der Waals surface area contributed by atoms with Crippen LogP contribution in [0.15, 0.2) is 83.5 Å². The van der Waals surface area contributed by atoms with E-state index in [1.807, 2.05) is 17.5 Å². The van der Waals surface area contributed by atoms with Gasteiger partial charge in [0.2, 0.25) is 0 Å². The van der Waals surface area contributed by atoms with Gasteiger partial charge in [-0.2, -0.15) is 0 Å². The molecule has 2 heterocycles. The van der Waals surface area contributed by atoms with E-state index in [4.69, 9.17) is 4.98 Å². The van der Waals surface area contributed by atoms with Crippen LogP contribution in [0.4, 0.5) is 0 Å². The third kappa shape index (κ3) is 3.27. The van der Waals surface area contributed by atoms with Crippen LogP contribution in [0.5, 0.6) is 0 Å². The van der Waals surface area contributed by atoms with Gasteiger partial charge in [0.05, 0.1) is 10.4 Å². The highest BCUT2D eigenvalue weighted by molar-refractivity contribution is 9.10. The van der Waals surface area contributed by atoms with Crippen LogP contribution in [0.1, 0.15) is 26.3 Å². The summed E-state index contributed by atoms with van der Waals surface area (Å²) in [5.74, 6) is 0. The molecule has 5 rings (SSSR count). The number of aromatic nitrogens is 1. The Labute approximate surface area is 189 Å². The third-order valence-corrected chi connectivity index (χ3v) is 7.87. The zero-order chi connectivity index (χ0) is 20.9. The van der Waals surface area contributed by atoms with Gasteiger partial charge >= 0.3 is 0 Å². The van der Waals surface area contributed by atoms with Crippen molar-refractivity contribution in [1.29, 1.82) is 0 Å². The number of rotatable bonds is 2. The van der Waals surface area contributed by atoms with Crippen molar-refractivity contribution in [3.63, 3.8) is 0 Å². The maximum Gasteiger partial charge on any atom is 0.0880 e. The predicted octanol–water partition coefficient (Wildman–Crippen LogP) is 8.84. The molecule has 30 heavy (non-hydrogen) atoms. The molecule has 0 aliphatic rings. The van der Waals surface area contributed by atoms with Crippen LogP contribution in [-0.2, 0) is 5.41 Å². The Bertz CT molecular complexity index is 1380. The fourth-order valence-corrected chi connectivity index (χ4v) is 6.18. The molecule has 0 bridgehead atoms. The van der Waals surface area contributed by atoms with Crippen molar-refractivity contribution in [2.24, 2.45) is 0 Å². The molecule has 0 unspecified atom stereocenters. The van der Waals surface area contributed by atoms with Crippen LogP contribution in [0.2, 0.25) is 0 Å². The van der Waals surface area contributed by atoms with Crippen molar-refractivity contribution in [2.75, 3.05) is 0 Å². The fourth-order valence-electron chi connectivity index (χ4n) is 4.04. The third-order valence-electron chi connectivity index (χ3n) is 5.52. The van der Waals surface area contributed by atoms with Crippen LogP contribution in [-0.4, -0.2) is 4.98 Å². The summed E-state index contributed by atoms with van der Waals surface area (Å²) >= 11 is 5.67. The van der Waals surface area contributed by atoms with Crippen LogP contribution in [0, 0.1) is 0 Å². The summed E-state index contributed by atoms with van der Waals surface area (Å²) in [7, 11) is 0. The largest absolute Gasteiger partial charge is 0.255 e. The molecule has 0 N–H and O–H groups in total. The topological polar surface area (TPSA) is 12.9 Å². The smallest absolute Gasteiger partial charge is 0.0880 e. The SMILES string of the molecule is CC(C)(C)c1cc(-c2nccc3c(Br)c(-c4ccccc4)sc23)cc2ccccc12. The number of hydrogen-bond acceptors (Lipinski definition) is 2. The highest BCUT2D eigenvalue weighted by Gasteiger charge is 2.21. The molecule has 5 aromatic rings. The van der Waals surface area contributed by atoms with E-state index in [9.17, 15) is 0 Å². The first kappa shape index (κ1) is 19.5. The minimum atomic E-state index is 0.0503. The molecule has 148 valence electrons. The normalized spacial score (nSPS) is 12.0. The van der Waals surface area contributed by atoms with Crippen LogP contribution >= 0.6 is 27.3 Å². The van der Waals surface area contributed by atoms with Crippen molar-refractivity contribution in [3.05, 3.63) is 89.0 Å². The van der Waals surface area contributed by atoms with Crippen molar-refractivity contribution < 1.29 is 0 Å². The number of nitrogens with zero attached hydrogens (tertiary/aromatic N) is 1. The standard InChI is InChI=1S/C27H22BrNS/c1-27(2,3)22-16-19(15-18-11-7-8-12-20(18)22)24-26-21(13-14-29-24)23(28)25(30-26)17-9-5-4-6-10-17/h4-16H,1-3H3. The lowest BCUT2D eigenvalue weighted by Crippen LogP contribution is -2.12. The predicted molar refractivity (Wildman–Crippen MR) is 134 cm³/mol. The molecule has 0 fully saturated rings. The summed E-state index contributed by atoms with van der Waals surface area (Å²) in [5.41, 5.74) is 4.86. The zero-order valence-electron chi connectivity index (χ0n) is 17.2. The summed E-state index contributed by atoms with van der Waals surface area (Å²) in [6.45, 7) is 6.84. The highest BCUT2D eigenvalue weighted by Crippen LogP contribution is 2.45. The van der Waals surface area contributed by atoms with Gasteiger partial charge in [-0.25, -0.2) is 0 Å². The molecule has 0 aliphatic carbocycles. The van der Waals surface area contributed by atoms with E-state index in [-0.39, 0.29) is 5.41 Å². The van der Waals surface area contributed by atoms with Gasteiger partial charge in [0.25, 0.3) is 0 Å². The lowest BCUT2D eigenvalue weighted by atomic mass is 9.82. The van der Waals surface area contributed by atoms with Crippen molar-refractivity contribution in [2.45, 2.75) is 26.2 Å². The Kier molecular flexibility index (Phi) is 4.76. The first-order chi connectivity index (χ1) is 14.4. The Hall–Kier alpha value is -2.49. The number of thiophene rings is 1. The van der Waals surface area contributed by atoms with E-state index in [1.165, 1.54) is 42.4 Å². The van der Waals surface area contributed by atoms with Gasteiger partial charge in [-0.15, -0.1) is 11.3 Å². The van der Waals surface area contributed by atoms with Gasteiger partial charge in [0.1, 0.15) is 0 Å². The van der Waals surface area contributed by atoms with E-state index in [0.29, 0.717) is 0 Å². The van der Waals surface area contributed by atoms with Crippen LogP contribution in [0.3, 0.4) is 0 Å².